The van der Waals surface area contributed by atoms with Crippen LogP contribution in [0.3, 0.4) is 0 Å². The van der Waals surface area contributed by atoms with Gasteiger partial charge in [-0.1, -0.05) is 29.8 Å². The number of rotatable bonds is 6. The van der Waals surface area contributed by atoms with Gasteiger partial charge in [0.1, 0.15) is 16.4 Å². The number of carbonyl (C=O) groups is 1. The Hall–Kier alpha value is -3.19. The molecule has 7 heteroatoms. The van der Waals surface area contributed by atoms with Crippen LogP contribution in [0.15, 0.2) is 57.3 Å². The number of furan rings is 1. The van der Waals surface area contributed by atoms with E-state index >= 15 is 0 Å². The molecule has 154 valence electrons. The molecule has 3 aromatic heterocycles. The van der Waals surface area contributed by atoms with Crippen molar-refractivity contribution in [1.82, 2.24) is 14.5 Å². The first kappa shape index (κ1) is 20.1. The van der Waals surface area contributed by atoms with Crippen LogP contribution >= 0.6 is 11.3 Å². The lowest BCUT2D eigenvalue weighted by atomic mass is 10.1. The van der Waals surface area contributed by atoms with E-state index in [0.29, 0.717) is 16.8 Å². The summed E-state index contributed by atoms with van der Waals surface area (Å²) in [6, 6.07) is 11.8. The van der Waals surface area contributed by atoms with Crippen LogP contribution in [0.4, 0.5) is 0 Å². The molecule has 0 spiro atoms. The van der Waals surface area contributed by atoms with E-state index in [4.69, 9.17) is 4.42 Å². The monoisotopic (exact) mass is 421 g/mol. The van der Waals surface area contributed by atoms with Crippen molar-refractivity contribution in [2.45, 2.75) is 33.4 Å². The van der Waals surface area contributed by atoms with Crippen LogP contribution < -0.4 is 5.56 Å². The van der Waals surface area contributed by atoms with Gasteiger partial charge in [0.25, 0.3) is 5.56 Å². The van der Waals surface area contributed by atoms with E-state index in [-0.39, 0.29) is 24.4 Å². The van der Waals surface area contributed by atoms with Gasteiger partial charge in [-0.15, -0.1) is 11.3 Å². The largest absolute Gasteiger partial charge is 0.464 e. The van der Waals surface area contributed by atoms with Gasteiger partial charge in [-0.05, 0) is 31.5 Å². The Morgan fingerprint density at radius 3 is 2.63 bits per heavy atom. The summed E-state index contributed by atoms with van der Waals surface area (Å²) in [6.07, 6.45) is 1.75. The maximum atomic E-state index is 13.1. The molecular weight excluding hydrogens is 398 g/mol. The van der Waals surface area contributed by atoms with Gasteiger partial charge in [-0.25, -0.2) is 4.98 Å². The molecule has 4 aromatic rings. The number of aromatic nitrogens is 2. The van der Waals surface area contributed by atoms with Crippen molar-refractivity contribution in [3.8, 4) is 11.1 Å². The highest BCUT2D eigenvalue weighted by atomic mass is 32.1. The second kappa shape index (κ2) is 8.28. The number of hydrogen-bond acceptors (Lipinski definition) is 5. The minimum Gasteiger partial charge on any atom is -0.464 e. The number of benzene rings is 1. The molecule has 0 aliphatic rings. The summed E-state index contributed by atoms with van der Waals surface area (Å²) >= 11 is 1.46. The third-order valence-corrected chi connectivity index (χ3v) is 5.99. The first-order chi connectivity index (χ1) is 14.4. The SMILES string of the molecule is Cc1ccc(-c2csc3ncn(CCC(=O)N(C)Cc4ccc(C)o4)c(=O)c23)cc1. The molecule has 1 amide bonds. The van der Waals surface area contributed by atoms with E-state index in [1.54, 1.807) is 11.9 Å². The zero-order chi connectivity index (χ0) is 21.3. The molecule has 0 fully saturated rings. The zero-order valence-corrected chi connectivity index (χ0v) is 18.0. The van der Waals surface area contributed by atoms with Crippen LogP contribution in [-0.2, 0) is 17.9 Å². The van der Waals surface area contributed by atoms with Gasteiger partial charge in [-0.3, -0.25) is 14.2 Å². The predicted octanol–water partition coefficient (Wildman–Crippen LogP) is 4.38. The second-order valence-corrected chi connectivity index (χ2v) is 8.31. The third-order valence-electron chi connectivity index (χ3n) is 5.10. The van der Waals surface area contributed by atoms with Crippen molar-refractivity contribution in [3.05, 3.63) is 75.5 Å². The summed E-state index contributed by atoms with van der Waals surface area (Å²) in [5.74, 6) is 1.50. The number of nitrogens with zero attached hydrogens (tertiary/aromatic N) is 3. The Labute approximate surface area is 178 Å². The molecule has 4 rings (SSSR count). The highest BCUT2D eigenvalue weighted by Crippen LogP contribution is 2.30. The van der Waals surface area contributed by atoms with Gasteiger partial charge >= 0.3 is 0 Å². The van der Waals surface area contributed by atoms with E-state index in [2.05, 4.69) is 4.98 Å². The first-order valence-electron chi connectivity index (χ1n) is 9.75. The van der Waals surface area contributed by atoms with E-state index in [9.17, 15) is 9.59 Å². The zero-order valence-electron chi connectivity index (χ0n) is 17.2. The topological polar surface area (TPSA) is 68.3 Å². The molecular formula is C23H23N3O3S. The van der Waals surface area contributed by atoms with E-state index < -0.39 is 0 Å². The van der Waals surface area contributed by atoms with Gasteiger partial charge in [0, 0.05) is 31.0 Å². The summed E-state index contributed by atoms with van der Waals surface area (Å²) in [7, 11) is 1.73. The van der Waals surface area contributed by atoms with E-state index in [1.165, 1.54) is 27.8 Å². The number of carbonyl (C=O) groups excluding carboxylic acids is 1. The fraction of sp³-hybridized carbons (Fsp3) is 0.261. The first-order valence-corrected chi connectivity index (χ1v) is 10.6. The fourth-order valence-corrected chi connectivity index (χ4v) is 4.28. The maximum absolute atomic E-state index is 13.1. The molecule has 0 bridgehead atoms. The number of thiophene rings is 1. The van der Waals surface area contributed by atoms with Gasteiger partial charge in [0.15, 0.2) is 0 Å². The lowest BCUT2D eigenvalue weighted by Crippen LogP contribution is -2.29. The van der Waals surface area contributed by atoms with Crippen molar-refractivity contribution in [3.63, 3.8) is 0 Å². The van der Waals surface area contributed by atoms with Crippen molar-refractivity contribution in [2.75, 3.05) is 7.05 Å². The quantitative estimate of drug-likeness (QED) is 0.463. The number of amides is 1. The normalized spacial score (nSPS) is 11.2. The molecule has 0 radical (unpaired) electrons. The van der Waals surface area contributed by atoms with Crippen LogP contribution in [-0.4, -0.2) is 27.4 Å². The molecule has 0 saturated heterocycles. The third kappa shape index (κ3) is 4.07. The number of aryl methyl sites for hydroxylation is 3. The van der Waals surface area contributed by atoms with Gasteiger partial charge < -0.3 is 9.32 Å². The average Bonchev–Trinajstić information content (AvgIpc) is 3.34. The van der Waals surface area contributed by atoms with Crippen LogP contribution in [0.1, 0.15) is 23.5 Å². The standard InChI is InChI=1S/C23H23N3O3S/c1-15-4-7-17(8-5-15)19-13-30-22-21(19)23(28)26(14-24-22)11-10-20(27)25(3)12-18-9-6-16(2)29-18/h4-9,13-14H,10-12H2,1-3H3. The summed E-state index contributed by atoms with van der Waals surface area (Å²) in [5, 5.41) is 2.58. The predicted molar refractivity (Wildman–Crippen MR) is 119 cm³/mol. The van der Waals surface area contributed by atoms with Crippen LogP contribution in [0, 0.1) is 13.8 Å². The van der Waals surface area contributed by atoms with Crippen LogP contribution in [0.25, 0.3) is 21.3 Å². The molecule has 0 aliphatic carbocycles. The smallest absolute Gasteiger partial charge is 0.262 e. The Balaban J connectivity index is 1.52. The Morgan fingerprint density at radius 2 is 1.93 bits per heavy atom. The minimum atomic E-state index is -0.117. The molecule has 6 nitrogen and oxygen atoms in total. The van der Waals surface area contributed by atoms with Gasteiger partial charge in [0.2, 0.25) is 5.91 Å². The van der Waals surface area contributed by atoms with Gasteiger partial charge in [-0.2, -0.15) is 0 Å². The van der Waals surface area contributed by atoms with Crippen molar-refractivity contribution >= 4 is 27.5 Å². The molecule has 0 aliphatic heterocycles. The fourth-order valence-electron chi connectivity index (χ4n) is 3.37. The van der Waals surface area contributed by atoms with E-state index in [0.717, 1.165) is 22.6 Å². The van der Waals surface area contributed by atoms with Crippen LogP contribution in [0.5, 0.6) is 0 Å². The molecule has 30 heavy (non-hydrogen) atoms. The summed E-state index contributed by atoms with van der Waals surface area (Å²) in [6.45, 7) is 4.59. The highest BCUT2D eigenvalue weighted by Gasteiger charge is 2.15. The minimum absolute atomic E-state index is 0.0554. The molecule has 0 saturated carbocycles. The summed E-state index contributed by atoms with van der Waals surface area (Å²) < 4.78 is 7.05. The van der Waals surface area contributed by atoms with Crippen molar-refractivity contribution < 1.29 is 9.21 Å². The Morgan fingerprint density at radius 1 is 1.17 bits per heavy atom. The number of fused-ring (bicyclic) bond motifs is 1. The number of hydrogen-bond donors (Lipinski definition) is 0. The van der Waals surface area contributed by atoms with Crippen molar-refractivity contribution in [2.24, 2.45) is 0 Å². The summed E-state index contributed by atoms with van der Waals surface area (Å²) in [4.78, 5) is 32.4. The van der Waals surface area contributed by atoms with Crippen molar-refractivity contribution in [1.29, 1.82) is 0 Å². The highest BCUT2D eigenvalue weighted by molar-refractivity contribution is 7.17. The van der Waals surface area contributed by atoms with E-state index in [1.807, 2.05) is 55.6 Å². The average molecular weight is 422 g/mol. The van der Waals surface area contributed by atoms with Gasteiger partial charge in [0.05, 0.1) is 18.3 Å². The summed E-state index contributed by atoms with van der Waals surface area (Å²) in [5.41, 5.74) is 2.93. The lowest BCUT2D eigenvalue weighted by molar-refractivity contribution is -0.130. The molecule has 0 N–H and O–H groups in total. The molecule has 3 heterocycles. The Bertz CT molecular complexity index is 1250. The molecule has 0 unspecified atom stereocenters. The molecule has 1 aromatic carbocycles. The Kier molecular flexibility index (Phi) is 5.55. The molecule has 0 atom stereocenters. The second-order valence-electron chi connectivity index (χ2n) is 7.45. The lowest BCUT2D eigenvalue weighted by Gasteiger charge is -2.16. The van der Waals surface area contributed by atoms with Crippen LogP contribution in [0.2, 0.25) is 0 Å². The maximum Gasteiger partial charge on any atom is 0.262 e.